The number of aromatic nitrogens is 6. The van der Waals surface area contributed by atoms with Crippen molar-refractivity contribution in [3.63, 3.8) is 0 Å². The van der Waals surface area contributed by atoms with E-state index in [0.29, 0.717) is 10.7 Å². The van der Waals surface area contributed by atoms with Gasteiger partial charge in [-0.15, -0.1) is 10.2 Å². The molecule has 0 saturated carbocycles. The van der Waals surface area contributed by atoms with E-state index in [9.17, 15) is 9.90 Å². The first-order valence-corrected chi connectivity index (χ1v) is 5.19. The number of carboxylic acids is 1. The predicted octanol–water partition coefficient (Wildman–Crippen LogP) is 0.866. The van der Waals surface area contributed by atoms with Gasteiger partial charge in [0.05, 0.1) is 0 Å². The number of carbonyl (C=O) groups is 1. The number of hydrogen-bond acceptors (Lipinski definition) is 5. The Bertz CT molecular complexity index is 735. The lowest BCUT2D eigenvalue weighted by molar-refractivity contribution is 0.0690. The number of pyridine rings is 1. The van der Waals surface area contributed by atoms with E-state index in [1.54, 1.807) is 12.1 Å². The van der Waals surface area contributed by atoms with Gasteiger partial charge in [0.25, 0.3) is 0 Å². The summed E-state index contributed by atoms with van der Waals surface area (Å²) in [6, 6.07) is 3.13. The molecule has 0 saturated heterocycles. The zero-order valence-electron chi connectivity index (χ0n) is 8.70. The average molecular weight is 265 g/mol. The molecule has 3 aromatic heterocycles. The van der Waals surface area contributed by atoms with Crippen LogP contribution in [0.25, 0.3) is 17.2 Å². The first kappa shape index (κ1) is 10.7. The molecule has 18 heavy (non-hydrogen) atoms. The number of hydrogen-bond donors (Lipinski definition) is 2. The Hall–Kier alpha value is -2.48. The van der Waals surface area contributed by atoms with Crippen LogP contribution >= 0.6 is 11.6 Å². The third-order valence-corrected chi connectivity index (χ3v) is 2.58. The molecule has 0 atom stereocenters. The second-order valence-corrected chi connectivity index (χ2v) is 3.86. The Kier molecular flexibility index (Phi) is 2.23. The number of tetrazole rings is 1. The van der Waals surface area contributed by atoms with Crippen molar-refractivity contribution >= 4 is 23.2 Å². The molecule has 0 bridgehead atoms. The maximum Gasteiger partial charge on any atom is 0.355 e. The average Bonchev–Trinajstić information content (AvgIpc) is 2.93. The van der Waals surface area contributed by atoms with Gasteiger partial charge in [0, 0.05) is 17.3 Å². The van der Waals surface area contributed by atoms with Gasteiger partial charge in [-0.2, -0.15) is 5.21 Å². The highest BCUT2D eigenvalue weighted by Gasteiger charge is 2.22. The van der Waals surface area contributed by atoms with E-state index in [1.807, 2.05) is 0 Å². The molecule has 0 aromatic carbocycles. The fourth-order valence-corrected chi connectivity index (χ4v) is 1.80. The first-order valence-electron chi connectivity index (χ1n) is 4.81. The minimum absolute atomic E-state index is 0.0388. The van der Waals surface area contributed by atoms with Crippen molar-refractivity contribution in [2.45, 2.75) is 0 Å². The number of imidazole rings is 1. The summed E-state index contributed by atoms with van der Waals surface area (Å²) in [6.07, 6.45) is 1.53. The molecule has 9 heteroatoms. The molecule has 0 aliphatic rings. The maximum atomic E-state index is 11.3. The number of H-pyrrole nitrogens is 1. The monoisotopic (exact) mass is 264 g/mol. The van der Waals surface area contributed by atoms with E-state index < -0.39 is 5.97 Å². The smallest absolute Gasteiger partial charge is 0.355 e. The molecule has 2 N–H and O–H groups in total. The summed E-state index contributed by atoms with van der Waals surface area (Å²) in [5, 5.41) is 22.8. The van der Waals surface area contributed by atoms with Gasteiger partial charge < -0.3 is 5.11 Å². The second-order valence-electron chi connectivity index (χ2n) is 3.42. The molecule has 0 unspecified atom stereocenters. The van der Waals surface area contributed by atoms with Crippen molar-refractivity contribution in [1.82, 2.24) is 30.0 Å². The summed E-state index contributed by atoms with van der Waals surface area (Å²) >= 11 is 5.83. The van der Waals surface area contributed by atoms with Crippen molar-refractivity contribution in [2.75, 3.05) is 0 Å². The minimum atomic E-state index is -1.13. The topological polar surface area (TPSA) is 109 Å². The lowest BCUT2D eigenvalue weighted by Crippen LogP contribution is -2.03. The Morgan fingerprint density at radius 2 is 2.33 bits per heavy atom. The lowest BCUT2D eigenvalue weighted by atomic mass is 10.3. The van der Waals surface area contributed by atoms with Crippen LogP contribution in [0, 0.1) is 0 Å². The molecule has 0 radical (unpaired) electrons. The highest BCUT2D eigenvalue weighted by atomic mass is 35.5. The predicted molar refractivity (Wildman–Crippen MR) is 60.3 cm³/mol. The van der Waals surface area contributed by atoms with Crippen LogP contribution in [0.1, 0.15) is 10.5 Å². The van der Waals surface area contributed by atoms with Crippen molar-refractivity contribution < 1.29 is 9.90 Å². The molecule has 3 rings (SSSR count). The molecule has 0 spiro atoms. The molecule has 3 aromatic rings. The largest absolute Gasteiger partial charge is 0.476 e. The van der Waals surface area contributed by atoms with Gasteiger partial charge in [-0.3, -0.25) is 4.40 Å². The Morgan fingerprint density at radius 3 is 3.00 bits per heavy atom. The van der Waals surface area contributed by atoms with Crippen LogP contribution < -0.4 is 0 Å². The zero-order valence-corrected chi connectivity index (χ0v) is 9.46. The molecule has 0 aliphatic carbocycles. The molecule has 90 valence electrons. The van der Waals surface area contributed by atoms with Gasteiger partial charge in [-0.05, 0) is 11.3 Å². The highest BCUT2D eigenvalue weighted by Crippen LogP contribution is 2.22. The summed E-state index contributed by atoms with van der Waals surface area (Å²) in [5.41, 5.74) is 0.501. The molecule has 3 heterocycles. The van der Waals surface area contributed by atoms with Crippen molar-refractivity contribution in [3.8, 4) is 11.5 Å². The summed E-state index contributed by atoms with van der Waals surface area (Å²) in [7, 11) is 0. The van der Waals surface area contributed by atoms with Gasteiger partial charge in [0.1, 0.15) is 11.3 Å². The molecular formula is C9H5ClN6O2. The van der Waals surface area contributed by atoms with Gasteiger partial charge in [0.2, 0.25) is 5.82 Å². The van der Waals surface area contributed by atoms with E-state index in [1.165, 1.54) is 10.6 Å². The van der Waals surface area contributed by atoms with E-state index in [4.69, 9.17) is 11.6 Å². The van der Waals surface area contributed by atoms with Crippen LogP contribution in [0.5, 0.6) is 0 Å². The van der Waals surface area contributed by atoms with Gasteiger partial charge in [-0.25, -0.2) is 9.78 Å². The summed E-state index contributed by atoms with van der Waals surface area (Å²) in [6.45, 7) is 0. The van der Waals surface area contributed by atoms with Crippen LogP contribution in [0.4, 0.5) is 0 Å². The van der Waals surface area contributed by atoms with Crippen LogP contribution in [0.2, 0.25) is 5.02 Å². The summed E-state index contributed by atoms with van der Waals surface area (Å²) in [5.74, 6) is -1.02. The Balaban J connectivity index is 2.37. The zero-order chi connectivity index (χ0) is 12.7. The van der Waals surface area contributed by atoms with Crippen LogP contribution in [-0.4, -0.2) is 41.1 Å². The fraction of sp³-hybridized carbons (Fsp3) is 0. The number of nitrogens with one attached hydrogen (secondary N) is 1. The number of carboxylic acid groups (broad SMARTS) is 1. The molecule has 0 fully saturated rings. The van der Waals surface area contributed by atoms with Crippen LogP contribution in [-0.2, 0) is 0 Å². The second kappa shape index (κ2) is 3.77. The lowest BCUT2D eigenvalue weighted by Gasteiger charge is -1.97. The van der Waals surface area contributed by atoms with Crippen molar-refractivity contribution in [3.05, 3.63) is 29.0 Å². The summed E-state index contributed by atoms with van der Waals surface area (Å²) in [4.78, 5) is 15.4. The number of fused-ring (bicyclic) bond motifs is 1. The SMILES string of the molecule is O=C(O)c1c(-c2nn[nH]n2)nc2cc(Cl)ccn12. The number of rotatable bonds is 2. The van der Waals surface area contributed by atoms with E-state index in [-0.39, 0.29) is 17.2 Å². The Labute approximate surface area is 104 Å². The number of aromatic carboxylic acids is 1. The number of nitrogens with zero attached hydrogens (tertiary/aromatic N) is 5. The van der Waals surface area contributed by atoms with E-state index in [0.717, 1.165) is 0 Å². The molecule has 0 amide bonds. The Morgan fingerprint density at radius 1 is 1.50 bits per heavy atom. The van der Waals surface area contributed by atoms with E-state index in [2.05, 4.69) is 25.6 Å². The maximum absolute atomic E-state index is 11.3. The molecular weight excluding hydrogens is 260 g/mol. The van der Waals surface area contributed by atoms with Crippen LogP contribution in [0.15, 0.2) is 18.3 Å². The fourth-order valence-electron chi connectivity index (χ4n) is 1.64. The molecule has 0 aliphatic heterocycles. The quantitative estimate of drug-likeness (QED) is 0.711. The highest BCUT2D eigenvalue weighted by molar-refractivity contribution is 6.30. The van der Waals surface area contributed by atoms with Crippen molar-refractivity contribution in [1.29, 1.82) is 0 Å². The number of aromatic amines is 1. The third kappa shape index (κ3) is 1.51. The number of halogens is 1. The minimum Gasteiger partial charge on any atom is -0.476 e. The van der Waals surface area contributed by atoms with Gasteiger partial charge in [-0.1, -0.05) is 11.6 Å². The standard InChI is InChI=1S/C9H5ClN6O2/c10-4-1-2-16-5(3-4)11-6(7(16)9(17)18)8-12-14-15-13-8/h1-3H,(H,17,18)(H,12,13,14,15). The van der Waals surface area contributed by atoms with Gasteiger partial charge >= 0.3 is 5.97 Å². The normalized spacial score (nSPS) is 10.9. The third-order valence-electron chi connectivity index (χ3n) is 2.35. The first-order chi connectivity index (χ1) is 8.66. The van der Waals surface area contributed by atoms with E-state index >= 15 is 0 Å². The summed E-state index contributed by atoms with van der Waals surface area (Å²) < 4.78 is 1.40. The van der Waals surface area contributed by atoms with Crippen LogP contribution in [0.3, 0.4) is 0 Å². The van der Waals surface area contributed by atoms with Gasteiger partial charge in [0.15, 0.2) is 5.69 Å². The van der Waals surface area contributed by atoms with Crippen molar-refractivity contribution in [2.24, 2.45) is 0 Å². The molecule has 8 nitrogen and oxygen atoms in total.